The van der Waals surface area contributed by atoms with Crippen LogP contribution in [0.1, 0.15) is 38.0 Å². The number of nitrogens with zero attached hydrogens (tertiary/aromatic N) is 1. The monoisotopic (exact) mass is 373 g/mol. The number of rotatable bonds is 3. The van der Waals surface area contributed by atoms with Crippen molar-refractivity contribution in [3.05, 3.63) is 34.4 Å². The maximum atomic E-state index is 13.9. The predicted octanol–water partition coefficient (Wildman–Crippen LogP) is 3.73. The number of nitriles is 1. The van der Waals surface area contributed by atoms with Crippen molar-refractivity contribution in [2.24, 2.45) is 11.3 Å². The second-order valence-corrected chi connectivity index (χ2v) is 6.48. The highest BCUT2D eigenvalue weighted by atomic mass is 19.4. The lowest BCUT2D eigenvalue weighted by Gasteiger charge is -2.37. The van der Waals surface area contributed by atoms with Crippen LogP contribution in [0.2, 0.25) is 0 Å². The van der Waals surface area contributed by atoms with Gasteiger partial charge in [0.25, 0.3) is 0 Å². The molecule has 10 heteroatoms. The number of hydrogen-bond acceptors (Lipinski definition) is 3. The number of alkyl halides is 3. The summed E-state index contributed by atoms with van der Waals surface area (Å²) < 4.78 is 94.7. The van der Waals surface area contributed by atoms with E-state index in [4.69, 9.17) is 5.26 Å². The molecule has 3 unspecified atom stereocenters. The molecule has 1 aromatic rings. The van der Waals surface area contributed by atoms with Gasteiger partial charge in [-0.25, -0.2) is 17.6 Å². The van der Waals surface area contributed by atoms with Crippen molar-refractivity contribution in [1.29, 1.82) is 5.26 Å². The van der Waals surface area contributed by atoms with Crippen molar-refractivity contribution in [1.82, 2.24) is 0 Å². The standard InChI is InChI=1S/C15H14F7NO2/c1-14(2,3)13(25)7(15(20,21)22)12(24)6-10(18)8(16)5(4-23)9(17)11(6)19/h7,12-13,24-25H,1-3H3. The van der Waals surface area contributed by atoms with E-state index in [9.17, 15) is 40.9 Å². The van der Waals surface area contributed by atoms with E-state index < -0.39 is 64.1 Å². The van der Waals surface area contributed by atoms with Gasteiger partial charge in [0.2, 0.25) is 0 Å². The average molecular weight is 373 g/mol. The molecular weight excluding hydrogens is 359 g/mol. The van der Waals surface area contributed by atoms with Crippen molar-refractivity contribution in [2.75, 3.05) is 0 Å². The molecule has 3 nitrogen and oxygen atoms in total. The van der Waals surface area contributed by atoms with Crippen LogP contribution in [0.3, 0.4) is 0 Å². The minimum Gasteiger partial charge on any atom is -0.392 e. The number of aliphatic hydroxyl groups is 2. The van der Waals surface area contributed by atoms with Crippen LogP contribution < -0.4 is 0 Å². The molecule has 1 rings (SSSR count). The molecule has 0 radical (unpaired) electrons. The summed E-state index contributed by atoms with van der Waals surface area (Å²) in [6, 6.07) is 0.835. The third-order valence-electron chi connectivity index (χ3n) is 3.65. The third kappa shape index (κ3) is 3.88. The summed E-state index contributed by atoms with van der Waals surface area (Å²) in [5, 5.41) is 28.2. The number of aliphatic hydroxyl groups excluding tert-OH is 2. The van der Waals surface area contributed by atoms with Gasteiger partial charge in [0.1, 0.15) is 17.6 Å². The smallest absolute Gasteiger partial charge is 0.392 e. The van der Waals surface area contributed by atoms with Gasteiger partial charge in [-0.3, -0.25) is 0 Å². The number of benzene rings is 1. The van der Waals surface area contributed by atoms with Gasteiger partial charge in [-0.1, -0.05) is 20.8 Å². The molecule has 0 aliphatic carbocycles. The Balaban J connectivity index is 3.66. The first-order valence-corrected chi connectivity index (χ1v) is 6.85. The highest BCUT2D eigenvalue weighted by Gasteiger charge is 2.53. The van der Waals surface area contributed by atoms with Gasteiger partial charge >= 0.3 is 6.18 Å². The molecule has 0 fully saturated rings. The lowest BCUT2D eigenvalue weighted by atomic mass is 9.77. The summed E-state index contributed by atoms with van der Waals surface area (Å²) >= 11 is 0. The van der Waals surface area contributed by atoms with E-state index >= 15 is 0 Å². The Bertz CT molecular complexity index is 675. The Hall–Kier alpha value is -1.86. The third-order valence-corrected chi connectivity index (χ3v) is 3.65. The molecule has 25 heavy (non-hydrogen) atoms. The van der Waals surface area contributed by atoms with Crippen LogP contribution in [0.4, 0.5) is 30.7 Å². The zero-order chi connectivity index (χ0) is 19.9. The van der Waals surface area contributed by atoms with Crippen LogP contribution in [-0.4, -0.2) is 22.5 Å². The SMILES string of the molecule is CC(C)(C)C(O)C(C(O)c1c(F)c(F)c(C#N)c(F)c1F)C(F)(F)F. The van der Waals surface area contributed by atoms with Gasteiger partial charge in [0, 0.05) is 0 Å². The molecule has 2 N–H and O–H groups in total. The van der Waals surface area contributed by atoms with Gasteiger partial charge in [-0.05, 0) is 5.41 Å². The van der Waals surface area contributed by atoms with E-state index in [2.05, 4.69) is 0 Å². The van der Waals surface area contributed by atoms with Crippen molar-refractivity contribution in [3.63, 3.8) is 0 Å². The van der Waals surface area contributed by atoms with E-state index in [0.717, 1.165) is 26.8 Å². The second kappa shape index (κ2) is 6.80. The topological polar surface area (TPSA) is 64.2 Å². The minimum atomic E-state index is -5.36. The summed E-state index contributed by atoms with van der Waals surface area (Å²) in [6.07, 6.45) is -10.9. The van der Waals surface area contributed by atoms with Crippen LogP contribution >= 0.6 is 0 Å². The summed E-state index contributed by atoms with van der Waals surface area (Å²) in [5.41, 5.74) is -5.11. The first-order valence-electron chi connectivity index (χ1n) is 6.85. The maximum Gasteiger partial charge on any atom is 0.397 e. The fourth-order valence-corrected chi connectivity index (χ4v) is 2.26. The van der Waals surface area contributed by atoms with Gasteiger partial charge < -0.3 is 10.2 Å². The average Bonchev–Trinajstić information content (AvgIpc) is 2.43. The van der Waals surface area contributed by atoms with E-state index in [0.29, 0.717) is 0 Å². The van der Waals surface area contributed by atoms with Crippen LogP contribution in [-0.2, 0) is 0 Å². The summed E-state index contributed by atoms with van der Waals surface area (Å²) in [7, 11) is 0. The molecule has 0 aliphatic rings. The molecule has 0 aromatic heterocycles. The number of hydrogen-bond donors (Lipinski definition) is 2. The second-order valence-electron chi connectivity index (χ2n) is 6.48. The highest BCUT2D eigenvalue weighted by molar-refractivity contribution is 5.38. The van der Waals surface area contributed by atoms with E-state index in [1.807, 2.05) is 0 Å². The van der Waals surface area contributed by atoms with Crippen LogP contribution in [0.15, 0.2) is 0 Å². The normalized spacial score (nSPS) is 16.3. The molecule has 1 aromatic carbocycles. The lowest BCUT2D eigenvalue weighted by Crippen LogP contribution is -2.45. The number of halogens is 7. The van der Waals surface area contributed by atoms with Crippen molar-refractivity contribution in [3.8, 4) is 6.07 Å². The fourth-order valence-electron chi connectivity index (χ4n) is 2.26. The van der Waals surface area contributed by atoms with E-state index in [1.165, 1.54) is 0 Å². The Morgan fingerprint density at radius 1 is 0.880 bits per heavy atom. The molecule has 0 amide bonds. The summed E-state index contributed by atoms with van der Waals surface area (Å²) in [4.78, 5) is 0. The molecule has 0 spiro atoms. The minimum absolute atomic E-state index is 0.835. The molecule has 0 bridgehead atoms. The van der Waals surface area contributed by atoms with Gasteiger partial charge in [0.15, 0.2) is 23.3 Å². The quantitative estimate of drug-likeness (QED) is 0.627. The van der Waals surface area contributed by atoms with E-state index in [1.54, 1.807) is 0 Å². The van der Waals surface area contributed by atoms with Crippen molar-refractivity contribution in [2.45, 2.75) is 39.2 Å². The molecule has 0 saturated carbocycles. The van der Waals surface area contributed by atoms with E-state index in [-0.39, 0.29) is 0 Å². The molecule has 0 saturated heterocycles. The lowest BCUT2D eigenvalue weighted by molar-refractivity contribution is -0.241. The first-order chi connectivity index (χ1) is 11.2. The highest BCUT2D eigenvalue weighted by Crippen LogP contribution is 2.45. The zero-order valence-corrected chi connectivity index (χ0v) is 13.2. The maximum absolute atomic E-state index is 13.9. The van der Waals surface area contributed by atoms with Crippen LogP contribution in [0, 0.1) is 45.9 Å². The fraction of sp³-hybridized carbons (Fsp3) is 0.533. The van der Waals surface area contributed by atoms with Crippen molar-refractivity contribution < 1.29 is 40.9 Å². The Kier molecular flexibility index (Phi) is 5.76. The van der Waals surface area contributed by atoms with Gasteiger partial charge in [-0.15, -0.1) is 0 Å². The molecule has 0 aliphatic heterocycles. The summed E-state index contributed by atoms with van der Waals surface area (Å²) in [6.45, 7) is 3.49. The Morgan fingerprint density at radius 2 is 1.28 bits per heavy atom. The van der Waals surface area contributed by atoms with Gasteiger partial charge in [0.05, 0.1) is 17.8 Å². The summed E-state index contributed by atoms with van der Waals surface area (Å²) in [5.74, 6) is -12.3. The van der Waals surface area contributed by atoms with Gasteiger partial charge in [-0.2, -0.15) is 18.4 Å². The molecule has 3 atom stereocenters. The van der Waals surface area contributed by atoms with Crippen LogP contribution in [0.5, 0.6) is 0 Å². The predicted molar refractivity (Wildman–Crippen MR) is 71.0 cm³/mol. The Morgan fingerprint density at radius 3 is 1.56 bits per heavy atom. The zero-order valence-electron chi connectivity index (χ0n) is 13.2. The molecule has 0 heterocycles. The first kappa shape index (κ1) is 21.2. The van der Waals surface area contributed by atoms with Crippen molar-refractivity contribution >= 4 is 0 Å². The molecule has 140 valence electrons. The Labute approximate surface area is 138 Å². The van der Waals surface area contributed by atoms with Crippen LogP contribution in [0.25, 0.3) is 0 Å². The molecular formula is C15H14F7NO2. The largest absolute Gasteiger partial charge is 0.397 e.